The van der Waals surface area contributed by atoms with Crippen LogP contribution in [0.2, 0.25) is 0 Å². The Hall–Kier alpha value is -0.410. The van der Waals surface area contributed by atoms with Gasteiger partial charge in [0.2, 0.25) is 0 Å². The van der Waals surface area contributed by atoms with Crippen molar-refractivity contribution in [1.82, 2.24) is 0 Å². The summed E-state index contributed by atoms with van der Waals surface area (Å²) in [4.78, 5) is 12.2. The Morgan fingerprint density at radius 1 is 0.958 bits per heavy atom. The van der Waals surface area contributed by atoms with Gasteiger partial charge in [0.15, 0.2) is 0 Å². The maximum atomic E-state index is 12.2. The molecule has 3 nitrogen and oxygen atoms in total. The van der Waals surface area contributed by atoms with E-state index >= 15 is 0 Å². The average Bonchev–Trinajstić information content (AvgIpc) is 2.88. The van der Waals surface area contributed by atoms with Crippen LogP contribution in [0, 0.1) is 40.4 Å². The summed E-state index contributed by atoms with van der Waals surface area (Å²) in [5.74, 6) is 2.69. The Kier molecular flexibility index (Phi) is 3.93. The van der Waals surface area contributed by atoms with E-state index in [4.69, 9.17) is 0 Å². The van der Waals surface area contributed by atoms with Gasteiger partial charge in [-0.1, -0.05) is 13.8 Å². The topological polar surface area (TPSA) is 57.5 Å². The van der Waals surface area contributed by atoms with Crippen LogP contribution < -0.4 is 0 Å². The summed E-state index contributed by atoms with van der Waals surface area (Å²) in [5, 5.41) is 21.3. The van der Waals surface area contributed by atoms with Crippen molar-refractivity contribution >= 4 is 5.78 Å². The van der Waals surface area contributed by atoms with Gasteiger partial charge in [-0.15, -0.1) is 0 Å². The van der Waals surface area contributed by atoms with E-state index in [1.807, 2.05) is 0 Å². The van der Waals surface area contributed by atoms with Gasteiger partial charge < -0.3 is 10.2 Å². The first-order chi connectivity index (χ1) is 11.3. The van der Waals surface area contributed by atoms with Crippen molar-refractivity contribution in [2.24, 2.45) is 40.4 Å². The van der Waals surface area contributed by atoms with E-state index in [1.165, 1.54) is 12.8 Å². The molecule has 0 bridgehead atoms. The lowest BCUT2D eigenvalue weighted by molar-refractivity contribution is -0.173. The minimum Gasteiger partial charge on any atom is -0.393 e. The largest absolute Gasteiger partial charge is 0.393 e. The molecule has 0 unspecified atom stereocenters. The van der Waals surface area contributed by atoms with Gasteiger partial charge in [-0.2, -0.15) is 0 Å². The van der Waals surface area contributed by atoms with Crippen LogP contribution in [0.4, 0.5) is 0 Å². The number of hydrogen-bond acceptors (Lipinski definition) is 3. The standard InChI is InChI=1S/C21H34O3/c1-12(22)16-6-7-17-15-5-4-13-10-14(23)8-9-20(13,2)18(15)11-19(24)21(16,17)3/h13-19,23-24H,4-11H2,1-3H3/t13-,14-,15+,16-,17+,18+,19+,20-,21+/m0/s1. The third-order valence-corrected chi connectivity index (χ3v) is 9.24. The van der Waals surface area contributed by atoms with E-state index in [0.717, 1.165) is 38.5 Å². The number of carbonyl (C=O) groups is 1. The van der Waals surface area contributed by atoms with E-state index in [-0.39, 0.29) is 34.7 Å². The van der Waals surface area contributed by atoms with Gasteiger partial charge >= 0.3 is 0 Å². The summed E-state index contributed by atoms with van der Waals surface area (Å²) < 4.78 is 0. The number of carbonyl (C=O) groups excluding carboxylic acids is 1. The number of fused-ring (bicyclic) bond motifs is 5. The monoisotopic (exact) mass is 334 g/mol. The van der Waals surface area contributed by atoms with E-state index in [2.05, 4.69) is 13.8 Å². The Morgan fingerprint density at radius 3 is 2.42 bits per heavy atom. The molecular formula is C21H34O3. The fourth-order valence-corrected chi connectivity index (χ4v) is 7.86. The van der Waals surface area contributed by atoms with Crippen LogP contribution in [-0.4, -0.2) is 28.2 Å². The van der Waals surface area contributed by atoms with Crippen LogP contribution >= 0.6 is 0 Å². The summed E-state index contributed by atoms with van der Waals surface area (Å²) in [6.07, 6.45) is 7.92. The highest BCUT2D eigenvalue weighted by molar-refractivity contribution is 5.79. The molecule has 0 saturated heterocycles. The van der Waals surface area contributed by atoms with Crippen molar-refractivity contribution in [3.63, 3.8) is 0 Å². The molecule has 0 aliphatic heterocycles. The third kappa shape index (κ3) is 2.13. The normalized spacial score (nSPS) is 57.0. The smallest absolute Gasteiger partial charge is 0.133 e. The minimum absolute atomic E-state index is 0.0529. The van der Waals surface area contributed by atoms with Gasteiger partial charge in [-0.25, -0.2) is 0 Å². The average molecular weight is 335 g/mol. The van der Waals surface area contributed by atoms with Crippen molar-refractivity contribution in [3.8, 4) is 0 Å². The van der Waals surface area contributed by atoms with Crippen molar-refractivity contribution in [3.05, 3.63) is 0 Å². The third-order valence-electron chi connectivity index (χ3n) is 9.24. The Balaban J connectivity index is 1.66. The van der Waals surface area contributed by atoms with E-state index in [9.17, 15) is 15.0 Å². The highest BCUT2D eigenvalue weighted by Crippen LogP contribution is 2.67. The van der Waals surface area contributed by atoms with E-state index in [0.29, 0.717) is 23.7 Å². The van der Waals surface area contributed by atoms with Crippen molar-refractivity contribution < 1.29 is 15.0 Å². The zero-order valence-electron chi connectivity index (χ0n) is 15.5. The number of hydrogen-bond donors (Lipinski definition) is 2. The highest BCUT2D eigenvalue weighted by atomic mass is 16.3. The first-order valence-corrected chi connectivity index (χ1v) is 10.1. The molecule has 0 heterocycles. The van der Waals surface area contributed by atoms with Gasteiger partial charge in [0.25, 0.3) is 0 Å². The van der Waals surface area contributed by atoms with Gasteiger partial charge in [-0.05, 0) is 87.4 Å². The molecule has 4 aliphatic rings. The second-order valence-corrected chi connectivity index (χ2v) is 9.94. The van der Waals surface area contributed by atoms with Gasteiger partial charge in [0.05, 0.1) is 12.2 Å². The summed E-state index contributed by atoms with van der Waals surface area (Å²) in [7, 11) is 0. The molecule has 3 heteroatoms. The van der Waals surface area contributed by atoms with Gasteiger partial charge in [0, 0.05) is 11.3 Å². The number of ketones is 1. The van der Waals surface area contributed by atoms with Crippen LogP contribution in [0.25, 0.3) is 0 Å². The molecular weight excluding hydrogens is 300 g/mol. The minimum atomic E-state index is -0.345. The lowest BCUT2D eigenvalue weighted by Crippen LogP contribution is -2.58. The molecule has 136 valence electrons. The van der Waals surface area contributed by atoms with Gasteiger partial charge in [-0.3, -0.25) is 4.79 Å². The highest BCUT2D eigenvalue weighted by Gasteiger charge is 2.63. The van der Waals surface area contributed by atoms with Crippen LogP contribution in [-0.2, 0) is 4.79 Å². The number of aliphatic hydroxyl groups is 2. The first kappa shape index (κ1) is 17.0. The van der Waals surface area contributed by atoms with E-state index < -0.39 is 0 Å². The maximum Gasteiger partial charge on any atom is 0.133 e. The second-order valence-electron chi connectivity index (χ2n) is 9.94. The van der Waals surface area contributed by atoms with E-state index in [1.54, 1.807) is 6.92 Å². The zero-order valence-corrected chi connectivity index (χ0v) is 15.5. The van der Waals surface area contributed by atoms with Crippen molar-refractivity contribution in [2.45, 2.75) is 84.3 Å². The quantitative estimate of drug-likeness (QED) is 0.771. The molecule has 0 spiro atoms. The van der Waals surface area contributed by atoms with Crippen LogP contribution in [0.15, 0.2) is 0 Å². The molecule has 4 saturated carbocycles. The van der Waals surface area contributed by atoms with Crippen LogP contribution in [0.3, 0.4) is 0 Å². The van der Waals surface area contributed by atoms with Crippen molar-refractivity contribution in [1.29, 1.82) is 0 Å². The van der Waals surface area contributed by atoms with Crippen LogP contribution in [0.5, 0.6) is 0 Å². The summed E-state index contributed by atoms with van der Waals surface area (Å²) in [6, 6.07) is 0. The number of aliphatic hydroxyl groups excluding tert-OH is 2. The lowest BCUT2D eigenvalue weighted by atomic mass is 9.44. The molecule has 2 N–H and O–H groups in total. The Morgan fingerprint density at radius 2 is 1.71 bits per heavy atom. The summed E-state index contributed by atoms with van der Waals surface area (Å²) in [5.41, 5.74) is 0.0726. The fourth-order valence-electron chi connectivity index (χ4n) is 7.86. The predicted molar refractivity (Wildman–Crippen MR) is 93.3 cm³/mol. The summed E-state index contributed by atoms with van der Waals surface area (Å²) >= 11 is 0. The molecule has 4 fully saturated rings. The molecule has 0 radical (unpaired) electrons. The maximum absolute atomic E-state index is 12.2. The van der Waals surface area contributed by atoms with Crippen LogP contribution in [0.1, 0.15) is 72.1 Å². The molecule has 4 aliphatic carbocycles. The predicted octanol–water partition coefficient (Wildman–Crippen LogP) is 3.57. The molecule has 9 atom stereocenters. The number of rotatable bonds is 1. The molecule has 4 rings (SSSR count). The Bertz CT molecular complexity index is 531. The molecule has 0 aromatic rings. The fraction of sp³-hybridized carbons (Fsp3) is 0.952. The zero-order chi connectivity index (χ0) is 17.3. The lowest BCUT2D eigenvalue weighted by Gasteiger charge is -2.62. The number of Topliss-reactive ketones (excluding diaryl/α,β-unsaturated/α-hetero) is 1. The molecule has 0 aromatic carbocycles. The van der Waals surface area contributed by atoms with Gasteiger partial charge in [0.1, 0.15) is 5.78 Å². The molecule has 24 heavy (non-hydrogen) atoms. The molecule has 0 aromatic heterocycles. The second kappa shape index (κ2) is 5.54. The SMILES string of the molecule is CC(=O)[C@@H]1CC[C@@H]2[C@H]3CC[C@H]4C[C@@H](O)CC[C@]4(C)[C@@H]3C[C@@H](O)[C@@]21C. The summed E-state index contributed by atoms with van der Waals surface area (Å²) in [6.45, 7) is 6.36. The first-order valence-electron chi connectivity index (χ1n) is 10.1. The Labute approximate surface area is 146 Å². The molecule has 0 amide bonds. The van der Waals surface area contributed by atoms with Crippen molar-refractivity contribution in [2.75, 3.05) is 0 Å².